The molecule has 1 amide bonds. The van der Waals surface area contributed by atoms with Crippen molar-refractivity contribution < 1.29 is 4.79 Å². The fourth-order valence-corrected chi connectivity index (χ4v) is 3.39. The molecule has 2 aromatic rings. The number of thiocarbonyl (C=S) groups is 1. The fourth-order valence-electron chi connectivity index (χ4n) is 3.18. The van der Waals surface area contributed by atoms with E-state index in [4.69, 9.17) is 12.2 Å². The minimum absolute atomic E-state index is 0.195. The lowest BCUT2D eigenvalue weighted by Crippen LogP contribution is -2.34. The molecular weight excluding hydrogens is 342 g/mol. The average Bonchev–Trinajstić information content (AvgIpc) is 2.63. The third-order valence-corrected chi connectivity index (χ3v) is 5.09. The third kappa shape index (κ3) is 4.61. The number of benzene rings is 2. The summed E-state index contributed by atoms with van der Waals surface area (Å²) in [5.41, 5.74) is 3.66. The normalized spacial score (nSPS) is 14.8. The van der Waals surface area contributed by atoms with Crippen molar-refractivity contribution in [3.05, 3.63) is 59.7 Å². The molecule has 5 heteroatoms. The highest BCUT2D eigenvalue weighted by Crippen LogP contribution is 2.24. The Kier molecular flexibility index (Phi) is 5.89. The molecule has 0 aliphatic carbocycles. The highest BCUT2D eigenvalue weighted by molar-refractivity contribution is 7.80. The fraction of sp³-hybridized carbons (Fsp3) is 0.333. The molecule has 1 heterocycles. The van der Waals surface area contributed by atoms with Crippen LogP contribution in [0.15, 0.2) is 48.5 Å². The maximum Gasteiger partial charge on any atom is 0.257 e. The maximum atomic E-state index is 12.3. The summed E-state index contributed by atoms with van der Waals surface area (Å²) in [5, 5.41) is 6.12. The minimum atomic E-state index is -0.195. The molecular formula is C21H25N3OS. The first-order valence-electron chi connectivity index (χ1n) is 9.06. The van der Waals surface area contributed by atoms with Gasteiger partial charge in [0, 0.05) is 30.0 Å². The summed E-state index contributed by atoms with van der Waals surface area (Å²) in [6.07, 6.45) is 2.49. The van der Waals surface area contributed by atoms with E-state index in [1.807, 2.05) is 37.3 Å². The van der Waals surface area contributed by atoms with Crippen LogP contribution in [0.5, 0.6) is 0 Å². The van der Waals surface area contributed by atoms with Crippen molar-refractivity contribution in [2.45, 2.75) is 26.7 Å². The largest absolute Gasteiger partial charge is 0.372 e. The van der Waals surface area contributed by atoms with Gasteiger partial charge in [-0.3, -0.25) is 10.1 Å². The zero-order valence-corrected chi connectivity index (χ0v) is 16.1. The zero-order chi connectivity index (χ0) is 18.5. The number of hydrogen-bond donors (Lipinski definition) is 2. The first-order chi connectivity index (χ1) is 12.5. The Morgan fingerprint density at radius 3 is 2.38 bits per heavy atom. The number of carbonyl (C=O) groups excluding carboxylic acids is 1. The second kappa shape index (κ2) is 8.32. The molecule has 0 radical (unpaired) electrons. The number of anilines is 2. The van der Waals surface area contributed by atoms with Crippen LogP contribution in [0.4, 0.5) is 11.4 Å². The standard InChI is InChI=1S/C21H25N3OS/c1-15-11-13-24(14-12-15)18-9-7-17(8-10-18)22-21(26)23-20(25)19-6-4-3-5-16(19)2/h3-10,15H,11-14H2,1-2H3,(H2,22,23,25,26). The van der Waals surface area contributed by atoms with Crippen LogP contribution in [0, 0.1) is 12.8 Å². The van der Waals surface area contributed by atoms with E-state index in [0.717, 1.165) is 30.3 Å². The van der Waals surface area contributed by atoms with Gasteiger partial charge in [-0.2, -0.15) is 0 Å². The number of carbonyl (C=O) groups is 1. The molecule has 0 saturated carbocycles. The Morgan fingerprint density at radius 2 is 1.73 bits per heavy atom. The molecule has 26 heavy (non-hydrogen) atoms. The molecule has 4 nitrogen and oxygen atoms in total. The van der Waals surface area contributed by atoms with E-state index in [1.54, 1.807) is 6.07 Å². The Bertz CT molecular complexity index is 780. The smallest absolute Gasteiger partial charge is 0.257 e. The van der Waals surface area contributed by atoms with Crippen LogP contribution in [0.3, 0.4) is 0 Å². The van der Waals surface area contributed by atoms with E-state index in [-0.39, 0.29) is 5.91 Å². The second-order valence-electron chi connectivity index (χ2n) is 6.94. The van der Waals surface area contributed by atoms with Crippen LogP contribution in [0.1, 0.15) is 35.7 Å². The van der Waals surface area contributed by atoms with E-state index >= 15 is 0 Å². The summed E-state index contributed by atoms with van der Waals surface area (Å²) in [7, 11) is 0. The van der Waals surface area contributed by atoms with Gasteiger partial charge in [0.1, 0.15) is 0 Å². The predicted octanol–water partition coefficient (Wildman–Crippen LogP) is 4.36. The van der Waals surface area contributed by atoms with Crippen LogP contribution < -0.4 is 15.5 Å². The van der Waals surface area contributed by atoms with Gasteiger partial charge in [-0.25, -0.2) is 0 Å². The minimum Gasteiger partial charge on any atom is -0.372 e. The highest BCUT2D eigenvalue weighted by Gasteiger charge is 2.16. The van der Waals surface area contributed by atoms with Crippen molar-refractivity contribution in [1.29, 1.82) is 0 Å². The van der Waals surface area contributed by atoms with E-state index in [9.17, 15) is 4.79 Å². The number of rotatable bonds is 3. The first-order valence-corrected chi connectivity index (χ1v) is 9.47. The molecule has 2 aromatic carbocycles. The second-order valence-corrected chi connectivity index (χ2v) is 7.35. The lowest BCUT2D eigenvalue weighted by Gasteiger charge is -2.32. The molecule has 0 aromatic heterocycles. The topological polar surface area (TPSA) is 44.4 Å². The van der Waals surface area contributed by atoms with Gasteiger partial charge in [0.2, 0.25) is 0 Å². The Morgan fingerprint density at radius 1 is 1.08 bits per heavy atom. The SMILES string of the molecule is Cc1ccccc1C(=O)NC(=S)Nc1ccc(N2CCC(C)CC2)cc1. The van der Waals surface area contributed by atoms with Crippen molar-refractivity contribution in [2.24, 2.45) is 5.92 Å². The van der Waals surface area contributed by atoms with Crippen molar-refractivity contribution in [3.63, 3.8) is 0 Å². The molecule has 136 valence electrons. The Balaban J connectivity index is 1.56. The molecule has 3 rings (SSSR count). The molecule has 0 spiro atoms. The quantitative estimate of drug-likeness (QED) is 0.791. The Labute approximate surface area is 160 Å². The van der Waals surface area contributed by atoms with Gasteiger partial charge < -0.3 is 10.2 Å². The van der Waals surface area contributed by atoms with Crippen molar-refractivity contribution >= 4 is 34.6 Å². The van der Waals surface area contributed by atoms with E-state index < -0.39 is 0 Å². The van der Waals surface area contributed by atoms with Crippen molar-refractivity contribution in [3.8, 4) is 0 Å². The Hall–Kier alpha value is -2.40. The van der Waals surface area contributed by atoms with Gasteiger partial charge in [0.15, 0.2) is 5.11 Å². The maximum absolute atomic E-state index is 12.3. The predicted molar refractivity (Wildman–Crippen MR) is 112 cm³/mol. The summed E-state index contributed by atoms with van der Waals surface area (Å²) in [4.78, 5) is 14.7. The summed E-state index contributed by atoms with van der Waals surface area (Å²) in [6.45, 7) is 6.44. The average molecular weight is 368 g/mol. The molecule has 0 bridgehead atoms. The van der Waals surface area contributed by atoms with Crippen LogP contribution in [0.25, 0.3) is 0 Å². The number of aryl methyl sites for hydroxylation is 1. The number of piperidine rings is 1. The van der Waals surface area contributed by atoms with Gasteiger partial charge in [-0.1, -0.05) is 25.1 Å². The molecule has 1 fully saturated rings. The number of nitrogens with zero attached hydrogens (tertiary/aromatic N) is 1. The summed E-state index contributed by atoms with van der Waals surface area (Å²) in [6, 6.07) is 15.7. The zero-order valence-electron chi connectivity index (χ0n) is 15.3. The van der Waals surface area contributed by atoms with Crippen molar-refractivity contribution in [2.75, 3.05) is 23.3 Å². The lowest BCUT2D eigenvalue weighted by atomic mass is 9.99. The number of amides is 1. The monoisotopic (exact) mass is 367 g/mol. The van der Waals surface area contributed by atoms with E-state index in [0.29, 0.717) is 10.7 Å². The van der Waals surface area contributed by atoms with Crippen LogP contribution in [-0.4, -0.2) is 24.1 Å². The van der Waals surface area contributed by atoms with Crippen LogP contribution >= 0.6 is 12.2 Å². The summed E-state index contributed by atoms with van der Waals surface area (Å²) >= 11 is 5.27. The molecule has 0 unspecified atom stereocenters. The van der Waals surface area contributed by atoms with Gasteiger partial charge in [-0.15, -0.1) is 0 Å². The first kappa shape index (κ1) is 18.4. The summed E-state index contributed by atoms with van der Waals surface area (Å²) < 4.78 is 0. The number of hydrogen-bond acceptors (Lipinski definition) is 3. The molecule has 2 N–H and O–H groups in total. The van der Waals surface area contributed by atoms with Gasteiger partial charge in [-0.05, 0) is 73.8 Å². The lowest BCUT2D eigenvalue weighted by molar-refractivity contribution is 0.0977. The van der Waals surface area contributed by atoms with Crippen molar-refractivity contribution in [1.82, 2.24) is 5.32 Å². The molecule has 1 aliphatic heterocycles. The van der Waals surface area contributed by atoms with Crippen LogP contribution in [0.2, 0.25) is 0 Å². The van der Waals surface area contributed by atoms with E-state index in [1.165, 1.54) is 18.5 Å². The number of nitrogens with one attached hydrogen (secondary N) is 2. The molecule has 1 saturated heterocycles. The van der Waals surface area contributed by atoms with E-state index in [2.05, 4.69) is 34.6 Å². The summed E-state index contributed by atoms with van der Waals surface area (Å²) in [5.74, 6) is 0.626. The third-order valence-electron chi connectivity index (χ3n) is 4.89. The molecule has 0 atom stereocenters. The van der Waals surface area contributed by atoms with Gasteiger partial charge >= 0.3 is 0 Å². The highest BCUT2D eigenvalue weighted by atomic mass is 32.1. The van der Waals surface area contributed by atoms with Gasteiger partial charge in [0.05, 0.1) is 0 Å². The van der Waals surface area contributed by atoms with Crippen LogP contribution in [-0.2, 0) is 0 Å². The molecule has 1 aliphatic rings. The van der Waals surface area contributed by atoms with Gasteiger partial charge in [0.25, 0.3) is 5.91 Å².